The van der Waals surface area contributed by atoms with Crippen molar-refractivity contribution in [2.75, 3.05) is 5.32 Å². The minimum atomic E-state index is -0.400. The fourth-order valence-electron chi connectivity index (χ4n) is 3.81. The van der Waals surface area contributed by atoms with Crippen LogP contribution in [0.25, 0.3) is 0 Å². The molecule has 182 valence electrons. The average molecular weight is 513 g/mol. The minimum absolute atomic E-state index is 0.157. The monoisotopic (exact) mass is 512 g/mol. The molecule has 0 spiro atoms. The van der Waals surface area contributed by atoms with E-state index in [9.17, 15) is 4.79 Å². The van der Waals surface area contributed by atoms with Gasteiger partial charge in [0.1, 0.15) is 18.1 Å². The highest BCUT2D eigenvalue weighted by Gasteiger charge is 2.23. The Labute approximate surface area is 214 Å². The van der Waals surface area contributed by atoms with Crippen LogP contribution in [0.2, 0.25) is 10.0 Å². The summed E-state index contributed by atoms with van der Waals surface area (Å²) in [5.41, 5.74) is 5.72. The van der Waals surface area contributed by atoms with Crippen LogP contribution < -0.4 is 10.1 Å². The second-order valence-corrected chi connectivity index (χ2v) is 9.22. The maximum atomic E-state index is 13.2. The van der Waals surface area contributed by atoms with Crippen LogP contribution >= 0.6 is 23.2 Å². The lowest BCUT2D eigenvalue weighted by atomic mass is 10.1. The standard InChI is InChI=1S/C26H26Cl2N4O3/c1-14-8-6-11-23(15(14)2)34-13-20-18(5)35-31-25(20)26(33)29-24-16(3)30-32(17(24)4)12-19-21(27)9-7-10-22(19)28/h6-11H,12-13H2,1-5H3,(H,29,33). The first-order valence-corrected chi connectivity index (χ1v) is 11.8. The molecule has 0 unspecified atom stereocenters. The van der Waals surface area contributed by atoms with Gasteiger partial charge in [-0.15, -0.1) is 0 Å². The summed E-state index contributed by atoms with van der Waals surface area (Å²) in [6.45, 7) is 10.0. The van der Waals surface area contributed by atoms with Gasteiger partial charge >= 0.3 is 0 Å². The van der Waals surface area contributed by atoms with E-state index in [0.717, 1.165) is 28.1 Å². The molecule has 0 saturated heterocycles. The zero-order valence-corrected chi connectivity index (χ0v) is 21.7. The van der Waals surface area contributed by atoms with Crippen molar-refractivity contribution < 1.29 is 14.1 Å². The SMILES string of the molecule is Cc1cccc(OCc2c(C(=O)Nc3c(C)nn(Cc4c(Cl)cccc4Cl)c3C)noc2C)c1C. The summed E-state index contributed by atoms with van der Waals surface area (Å²) in [5.74, 6) is 0.879. The van der Waals surface area contributed by atoms with Crippen molar-refractivity contribution >= 4 is 34.8 Å². The molecule has 0 bridgehead atoms. The topological polar surface area (TPSA) is 82.2 Å². The van der Waals surface area contributed by atoms with Crippen LogP contribution in [0, 0.1) is 34.6 Å². The summed E-state index contributed by atoms with van der Waals surface area (Å²) in [7, 11) is 0. The fraction of sp³-hybridized carbons (Fsp3) is 0.269. The molecule has 0 aliphatic heterocycles. The number of anilines is 1. The third-order valence-electron chi connectivity index (χ3n) is 6.12. The highest BCUT2D eigenvalue weighted by Crippen LogP contribution is 2.28. The second-order valence-electron chi connectivity index (χ2n) is 8.41. The number of carbonyl (C=O) groups excluding carboxylic acids is 1. The molecule has 7 nitrogen and oxygen atoms in total. The Hall–Kier alpha value is -3.29. The van der Waals surface area contributed by atoms with Gasteiger partial charge in [0.2, 0.25) is 0 Å². The quantitative estimate of drug-likeness (QED) is 0.301. The first kappa shape index (κ1) is 24.8. The van der Waals surface area contributed by atoms with Crippen molar-refractivity contribution in [3.8, 4) is 5.75 Å². The molecule has 2 aromatic heterocycles. The zero-order valence-electron chi connectivity index (χ0n) is 20.2. The van der Waals surface area contributed by atoms with Crippen LogP contribution in [-0.2, 0) is 13.2 Å². The van der Waals surface area contributed by atoms with E-state index in [4.69, 9.17) is 32.5 Å². The van der Waals surface area contributed by atoms with E-state index in [1.165, 1.54) is 0 Å². The van der Waals surface area contributed by atoms with Gasteiger partial charge in [-0.2, -0.15) is 5.10 Å². The van der Waals surface area contributed by atoms with Gasteiger partial charge in [0.05, 0.1) is 29.2 Å². The van der Waals surface area contributed by atoms with Crippen LogP contribution in [0.1, 0.15) is 49.9 Å². The molecule has 0 atom stereocenters. The molecule has 4 aromatic rings. The van der Waals surface area contributed by atoms with Crippen LogP contribution in [0.5, 0.6) is 5.75 Å². The van der Waals surface area contributed by atoms with Crippen molar-refractivity contribution in [3.63, 3.8) is 0 Å². The Kier molecular flexibility index (Phi) is 7.19. The van der Waals surface area contributed by atoms with Gasteiger partial charge in [0.15, 0.2) is 5.69 Å². The number of rotatable bonds is 7. The third kappa shape index (κ3) is 5.06. The molecule has 0 radical (unpaired) electrons. The Morgan fingerprint density at radius 3 is 2.43 bits per heavy atom. The predicted molar refractivity (Wildman–Crippen MR) is 137 cm³/mol. The fourth-order valence-corrected chi connectivity index (χ4v) is 4.32. The van der Waals surface area contributed by atoms with Crippen molar-refractivity contribution in [2.45, 2.75) is 47.8 Å². The Bertz CT molecular complexity index is 1390. The zero-order chi connectivity index (χ0) is 25.3. The number of amides is 1. The number of hydrogen-bond acceptors (Lipinski definition) is 5. The lowest BCUT2D eigenvalue weighted by Crippen LogP contribution is -2.16. The van der Waals surface area contributed by atoms with E-state index in [1.807, 2.05) is 45.9 Å². The number of aromatic nitrogens is 3. The summed E-state index contributed by atoms with van der Waals surface area (Å²) in [4.78, 5) is 13.2. The number of nitrogens with one attached hydrogen (secondary N) is 1. The van der Waals surface area contributed by atoms with Gasteiger partial charge in [0, 0.05) is 15.6 Å². The maximum Gasteiger partial charge on any atom is 0.278 e. The average Bonchev–Trinajstić information content (AvgIpc) is 3.31. The van der Waals surface area contributed by atoms with E-state index >= 15 is 0 Å². The highest BCUT2D eigenvalue weighted by atomic mass is 35.5. The van der Waals surface area contributed by atoms with Crippen molar-refractivity contribution in [1.82, 2.24) is 14.9 Å². The summed E-state index contributed by atoms with van der Waals surface area (Å²) in [6, 6.07) is 11.2. The molecule has 4 rings (SSSR count). The molecule has 1 amide bonds. The van der Waals surface area contributed by atoms with Gasteiger partial charge in [-0.3, -0.25) is 9.48 Å². The molecule has 2 heterocycles. The first-order chi connectivity index (χ1) is 16.7. The highest BCUT2D eigenvalue weighted by molar-refractivity contribution is 6.36. The molecule has 0 aliphatic carbocycles. The van der Waals surface area contributed by atoms with E-state index in [2.05, 4.69) is 15.6 Å². The molecular formula is C26H26Cl2N4O3. The molecule has 2 aromatic carbocycles. The number of nitrogens with zero attached hydrogens (tertiary/aromatic N) is 3. The van der Waals surface area contributed by atoms with Crippen LogP contribution in [0.15, 0.2) is 40.9 Å². The smallest absolute Gasteiger partial charge is 0.278 e. The molecule has 9 heteroatoms. The number of hydrogen-bond donors (Lipinski definition) is 1. The Morgan fingerprint density at radius 2 is 1.71 bits per heavy atom. The Balaban J connectivity index is 1.54. The molecule has 0 saturated carbocycles. The predicted octanol–water partition coefficient (Wildman–Crippen LogP) is 6.60. The number of halogens is 2. The third-order valence-corrected chi connectivity index (χ3v) is 6.82. The Morgan fingerprint density at radius 1 is 1.03 bits per heavy atom. The van der Waals surface area contributed by atoms with Crippen LogP contribution in [0.3, 0.4) is 0 Å². The lowest BCUT2D eigenvalue weighted by Gasteiger charge is -2.11. The summed E-state index contributed by atoms with van der Waals surface area (Å²) >= 11 is 12.7. The number of benzene rings is 2. The van der Waals surface area contributed by atoms with Gasteiger partial charge in [-0.25, -0.2) is 0 Å². The van der Waals surface area contributed by atoms with E-state index in [0.29, 0.717) is 39.3 Å². The van der Waals surface area contributed by atoms with Crippen LogP contribution in [0.4, 0.5) is 5.69 Å². The van der Waals surface area contributed by atoms with E-state index in [-0.39, 0.29) is 12.3 Å². The molecule has 0 aliphatic rings. The van der Waals surface area contributed by atoms with Gasteiger partial charge in [-0.05, 0) is 63.9 Å². The van der Waals surface area contributed by atoms with Gasteiger partial charge in [0.25, 0.3) is 5.91 Å². The molecule has 0 fully saturated rings. The second kappa shape index (κ2) is 10.1. The lowest BCUT2D eigenvalue weighted by molar-refractivity contribution is 0.101. The van der Waals surface area contributed by atoms with E-state index in [1.54, 1.807) is 29.8 Å². The number of ether oxygens (including phenoxy) is 1. The maximum absolute atomic E-state index is 13.2. The van der Waals surface area contributed by atoms with Gasteiger partial charge in [-0.1, -0.05) is 46.6 Å². The van der Waals surface area contributed by atoms with E-state index < -0.39 is 5.91 Å². The van der Waals surface area contributed by atoms with Crippen molar-refractivity contribution in [3.05, 3.63) is 91.5 Å². The normalized spacial score (nSPS) is 11.1. The molecular weight excluding hydrogens is 487 g/mol. The molecule has 35 heavy (non-hydrogen) atoms. The summed E-state index contributed by atoms with van der Waals surface area (Å²) < 4.78 is 13.1. The van der Waals surface area contributed by atoms with Crippen LogP contribution in [-0.4, -0.2) is 20.8 Å². The summed E-state index contributed by atoms with van der Waals surface area (Å²) in [6.07, 6.45) is 0. The largest absolute Gasteiger partial charge is 0.488 e. The minimum Gasteiger partial charge on any atom is -0.488 e. The summed E-state index contributed by atoms with van der Waals surface area (Å²) in [5, 5.41) is 12.6. The molecule has 1 N–H and O–H groups in total. The number of carbonyl (C=O) groups is 1. The number of aryl methyl sites for hydroxylation is 3. The van der Waals surface area contributed by atoms with Crippen molar-refractivity contribution in [1.29, 1.82) is 0 Å². The van der Waals surface area contributed by atoms with Gasteiger partial charge < -0.3 is 14.6 Å². The van der Waals surface area contributed by atoms with Crippen molar-refractivity contribution in [2.24, 2.45) is 0 Å². The first-order valence-electron chi connectivity index (χ1n) is 11.1.